The molecule has 0 amide bonds. The average Bonchev–Trinajstić information content (AvgIpc) is 2.49. The smallest absolute Gasteiger partial charge is 0.0148 e. The van der Waals surface area contributed by atoms with Gasteiger partial charge in [-0.3, -0.25) is 0 Å². The summed E-state index contributed by atoms with van der Waals surface area (Å²) in [6, 6.07) is 18.1. The monoisotopic (exact) mass is 393 g/mol. The van der Waals surface area contributed by atoms with Crippen LogP contribution < -0.4 is 5.32 Å². The molecule has 0 aliphatic rings. The molecule has 0 radical (unpaired) electrons. The Balaban J connectivity index is 2.07. The molecule has 2 rings (SSSR count). The molecule has 0 aliphatic carbocycles. The fourth-order valence-electron chi connectivity index (χ4n) is 2.57. The number of halogens is 1. The van der Waals surface area contributed by atoms with Crippen molar-refractivity contribution in [2.24, 2.45) is 0 Å². The van der Waals surface area contributed by atoms with Crippen LogP contribution in [0.4, 0.5) is 0 Å². The van der Waals surface area contributed by atoms with Crippen molar-refractivity contribution in [2.45, 2.75) is 39.2 Å². The number of hydrogen-bond donors (Lipinski definition) is 1. The van der Waals surface area contributed by atoms with Gasteiger partial charge in [0.15, 0.2) is 0 Å². The fraction of sp³-hybridized carbons (Fsp3) is 0.368. The van der Waals surface area contributed by atoms with E-state index in [0.29, 0.717) is 6.04 Å². The molecule has 2 aromatic rings. The predicted octanol–water partition coefficient (Wildman–Crippen LogP) is 4.75. The average molecular weight is 393 g/mol. The van der Waals surface area contributed by atoms with Gasteiger partial charge < -0.3 is 5.32 Å². The second-order valence-corrected chi connectivity index (χ2v) is 6.86. The molecule has 1 unspecified atom stereocenters. The van der Waals surface area contributed by atoms with Gasteiger partial charge in [-0.15, -0.1) is 0 Å². The third-order valence-corrected chi connectivity index (χ3v) is 4.53. The van der Waals surface area contributed by atoms with E-state index in [9.17, 15) is 0 Å². The first-order valence-electron chi connectivity index (χ1n) is 7.71. The predicted molar refractivity (Wildman–Crippen MR) is 99.8 cm³/mol. The van der Waals surface area contributed by atoms with E-state index in [1.165, 1.54) is 26.7 Å². The van der Waals surface area contributed by atoms with Gasteiger partial charge in [0.05, 0.1) is 0 Å². The van der Waals surface area contributed by atoms with E-state index in [-0.39, 0.29) is 0 Å². The molecular formula is C19H24IN. The second-order valence-electron chi connectivity index (χ2n) is 5.61. The molecule has 1 atom stereocenters. The topological polar surface area (TPSA) is 12.0 Å². The van der Waals surface area contributed by atoms with E-state index in [0.717, 1.165) is 19.4 Å². The third kappa shape index (κ3) is 5.44. The molecule has 0 fully saturated rings. The summed E-state index contributed by atoms with van der Waals surface area (Å²) in [7, 11) is 0. The van der Waals surface area contributed by atoms with E-state index in [4.69, 9.17) is 0 Å². The van der Waals surface area contributed by atoms with Gasteiger partial charge in [-0.2, -0.15) is 0 Å². The number of benzene rings is 2. The number of aryl methyl sites for hydroxylation is 1. The van der Waals surface area contributed by atoms with Crippen LogP contribution in [0.1, 0.15) is 30.0 Å². The van der Waals surface area contributed by atoms with Crippen molar-refractivity contribution in [3.8, 4) is 0 Å². The quantitative estimate of drug-likeness (QED) is 0.670. The second kappa shape index (κ2) is 8.54. The minimum absolute atomic E-state index is 0.506. The van der Waals surface area contributed by atoms with Gasteiger partial charge in [0.2, 0.25) is 0 Å². The standard InChI is InChI=1S/C19H24IN/c1-3-12-21-19(13-16-8-10-18(20)11-9-16)14-17-7-5-4-6-15(17)2/h4-11,19,21H,3,12-14H2,1-2H3. The molecule has 1 nitrogen and oxygen atoms in total. The van der Waals surface area contributed by atoms with Crippen LogP contribution in [-0.4, -0.2) is 12.6 Å². The van der Waals surface area contributed by atoms with E-state index >= 15 is 0 Å². The Morgan fingerprint density at radius 3 is 2.38 bits per heavy atom. The van der Waals surface area contributed by atoms with Crippen LogP contribution in [0.15, 0.2) is 48.5 Å². The van der Waals surface area contributed by atoms with Crippen LogP contribution in [0.25, 0.3) is 0 Å². The maximum absolute atomic E-state index is 3.71. The summed E-state index contributed by atoms with van der Waals surface area (Å²) >= 11 is 2.36. The van der Waals surface area contributed by atoms with Gasteiger partial charge in [-0.05, 0) is 84.1 Å². The third-order valence-electron chi connectivity index (χ3n) is 3.81. The Morgan fingerprint density at radius 2 is 1.71 bits per heavy atom. The molecule has 0 heterocycles. The molecule has 2 aromatic carbocycles. The van der Waals surface area contributed by atoms with Crippen LogP contribution in [0, 0.1) is 10.5 Å². The minimum atomic E-state index is 0.506. The van der Waals surface area contributed by atoms with Gasteiger partial charge in [0.25, 0.3) is 0 Å². The van der Waals surface area contributed by atoms with E-state index in [1.54, 1.807) is 0 Å². The number of rotatable bonds is 7. The lowest BCUT2D eigenvalue weighted by atomic mass is 9.96. The summed E-state index contributed by atoms with van der Waals surface area (Å²) in [5.41, 5.74) is 4.26. The Bertz CT molecular complexity index is 548. The summed E-state index contributed by atoms with van der Waals surface area (Å²) in [5, 5.41) is 3.71. The van der Waals surface area contributed by atoms with Crippen LogP contribution in [-0.2, 0) is 12.8 Å². The van der Waals surface area contributed by atoms with Gasteiger partial charge in [0, 0.05) is 9.61 Å². The van der Waals surface area contributed by atoms with Crippen molar-refractivity contribution < 1.29 is 0 Å². The molecule has 0 aliphatic heterocycles. The fourth-order valence-corrected chi connectivity index (χ4v) is 2.93. The molecule has 0 saturated carbocycles. The van der Waals surface area contributed by atoms with E-state index in [2.05, 4.69) is 90.3 Å². The summed E-state index contributed by atoms with van der Waals surface area (Å²) in [6.45, 7) is 5.51. The molecule has 0 spiro atoms. The first-order chi connectivity index (χ1) is 10.2. The lowest BCUT2D eigenvalue weighted by Crippen LogP contribution is -2.34. The molecular weight excluding hydrogens is 369 g/mol. The van der Waals surface area contributed by atoms with Crippen LogP contribution in [0.5, 0.6) is 0 Å². The highest BCUT2D eigenvalue weighted by atomic mass is 127. The molecule has 1 N–H and O–H groups in total. The maximum atomic E-state index is 3.71. The first kappa shape index (κ1) is 16.5. The highest BCUT2D eigenvalue weighted by Crippen LogP contribution is 2.14. The molecule has 112 valence electrons. The highest BCUT2D eigenvalue weighted by molar-refractivity contribution is 14.1. The summed E-state index contributed by atoms with van der Waals surface area (Å²) in [5.74, 6) is 0. The Hall–Kier alpha value is -0.870. The summed E-state index contributed by atoms with van der Waals surface area (Å²) < 4.78 is 1.30. The number of hydrogen-bond acceptors (Lipinski definition) is 1. The molecule has 0 aromatic heterocycles. The molecule has 21 heavy (non-hydrogen) atoms. The lowest BCUT2D eigenvalue weighted by Gasteiger charge is -2.20. The Kier molecular flexibility index (Phi) is 6.71. The zero-order chi connectivity index (χ0) is 15.1. The van der Waals surface area contributed by atoms with Crippen LogP contribution >= 0.6 is 22.6 Å². The largest absolute Gasteiger partial charge is 0.313 e. The van der Waals surface area contributed by atoms with Crippen molar-refractivity contribution in [3.63, 3.8) is 0 Å². The minimum Gasteiger partial charge on any atom is -0.313 e. The Labute approximate surface area is 142 Å². The maximum Gasteiger partial charge on any atom is 0.0148 e. The van der Waals surface area contributed by atoms with Crippen molar-refractivity contribution in [1.29, 1.82) is 0 Å². The van der Waals surface area contributed by atoms with Gasteiger partial charge in [0.1, 0.15) is 0 Å². The van der Waals surface area contributed by atoms with Crippen molar-refractivity contribution in [2.75, 3.05) is 6.54 Å². The first-order valence-corrected chi connectivity index (χ1v) is 8.79. The summed E-state index contributed by atoms with van der Waals surface area (Å²) in [4.78, 5) is 0. The van der Waals surface area contributed by atoms with Crippen LogP contribution in [0.2, 0.25) is 0 Å². The van der Waals surface area contributed by atoms with Crippen molar-refractivity contribution in [3.05, 3.63) is 68.8 Å². The van der Waals surface area contributed by atoms with Crippen molar-refractivity contribution >= 4 is 22.6 Å². The van der Waals surface area contributed by atoms with E-state index in [1.807, 2.05) is 0 Å². The Morgan fingerprint density at radius 1 is 1.00 bits per heavy atom. The zero-order valence-corrected chi connectivity index (χ0v) is 15.1. The highest BCUT2D eigenvalue weighted by Gasteiger charge is 2.11. The van der Waals surface area contributed by atoms with Gasteiger partial charge in [-0.1, -0.05) is 43.3 Å². The van der Waals surface area contributed by atoms with Gasteiger partial charge >= 0.3 is 0 Å². The molecule has 0 saturated heterocycles. The SMILES string of the molecule is CCCNC(Cc1ccc(I)cc1)Cc1ccccc1C. The number of nitrogens with one attached hydrogen (secondary N) is 1. The zero-order valence-electron chi connectivity index (χ0n) is 12.9. The van der Waals surface area contributed by atoms with Crippen molar-refractivity contribution in [1.82, 2.24) is 5.32 Å². The van der Waals surface area contributed by atoms with E-state index < -0.39 is 0 Å². The van der Waals surface area contributed by atoms with Gasteiger partial charge in [-0.25, -0.2) is 0 Å². The normalized spacial score (nSPS) is 12.3. The van der Waals surface area contributed by atoms with Crippen LogP contribution in [0.3, 0.4) is 0 Å². The lowest BCUT2D eigenvalue weighted by molar-refractivity contribution is 0.504. The summed E-state index contributed by atoms with van der Waals surface area (Å²) in [6.07, 6.45) is 3.36. The molecule has 0 bridgehead atoms. The molecule has 2 heteroatoms.